The molecule has 4 atom stereocenters. The first-order valence-electron chi connectivity index (χ1n) is 16.8. The van der Waals surface area contributed by atoms with Crippen molar-refractivity contribution >= 4 is 21.1 Å². The van der Waals surface area contributed by atoms with Gasteiger partial charge in [0.05, 0.1) is 21.1 Å². The molecule has 5 heteroatoms. The van der Waals surface area contributed by atoms with E-state index < -0.39 is 21.1 Å². The van der Waals surface area contributed by atoms with Crippen LogP contribution in [-0.4, -0.2) is 9.46 Å². The molecule has 0 radical (unpaired) electrons. The summed E-state index contributed by atoms with van der Waals surface area (Å²) in [5, 5.41) is 1.42. The zero-order valence-corrected chi connectivity index (χ0v) is 29.1. The van der Waals surface area contributed by atoms with Gasteiger partial charge in [-0.1, -0.05) is 151 Å². The quantitative estimate of drug-likeness (QED) is 0.161. The smallest absolute Gasteiger partial charge is 0.129 e. The summed E-state index contributed by atoms with van der Waals surface area (Å²) in [5.74, 6) is 0.754. The summed E-state index contributed by atoms with van der Waals surface area (Å²) in [7, 11) is -3.22. The molecule has 0 amide bonds. The van der Waals surface area contributed by atoms with Gasteiger partial charge in [-0.25, -0.2) is 9.27 Å². The molecular weight excluding hydrogens is 597 g/mol. The van der Waals surface area contributed by atoms with E-state index in [2.05, 4.69) is 90.1 Å². The van der Waals surface area contributed by atoms with Gasteiger partial charge in [0.1, 0.15) is 17.4 Å². The minimum atomic E-state index is -3.22. The zero-order chi connectivity index (χ0) is 33.1. The number of hydrogen-bond donors (Lipinski definition) is 0. The first kappa shape index (κ1) is 32.7. The lowest BCUT2D eigenvalue weighted by Crippen LogP contribution is -2.33. The molecule has 1 fully saturated rings. The van der Waals surface area contributed by atoms with Crippen molar-refractivity contribution in [2.45, 2.75) is 81.6 Å². The van der Waals surface area contributed by atoms with Crippen molar-refractivity contribution in [1.82, 2.24) is 0 Å². The molecule has 47 heavy (non-hydrogen) atoms. The lowest BCUT2D eigenvalue weighted by Gasteiger charge is -2.30. The number of rotatable bonds is 9. The Kier molecular flexibility index (Phi) is 9.67. The normalized spacial score (nSPS) is 19.3. The molecule has 0 saturated carbocycles. The average Bonchev–Trinajstić information content (AvgIpc) is 3.51. The summed E-state index contributed by atoms with van der Waals surface area (Å²) in [4.78, 5) is 7.73. The number of hydroxylamine groups is 1. The van der Waals surface area contributed by atoms with Gasteiger partial charge < -0.3 is 0 Å². The highest BCUT2D eigenvalue weighted by molar-refractivity contribution is 7.94. The van der Waals surface area contributed by atoms with Crippen LogP contribution < -0.4 is 5.06 Å². The predicted octanol–water partition coefficient (Wildman–Crippen LogP) is 11.5. The van der Waals surface area contributed by atoms with E-state index >= 15 is 4.21 Å². The second kappa shape index (κ2) is 13.9. The summed E-state index contributed by atoms with van der Waals surface area (Å²) in [6, 6.07) is 44.8. The van der Waals surface area contributed by atoms with Gasteiger partial charge in [-0.3, -0.25) is 4.84 Å². The fourth-order valence-electron chi connectivity index (χ4n) is 6.60. The summed E-state index contributed by atoms with van der Waals surface area (Å²) >= 11 is 0. The van der Waals surface area contributed by atoms with Gasteiger partial charge >= 0.3 is 0 Å². The molecule has 0 aromatic heterocycles. The molecule has 1 heterocycles. The Bertz CT molecular complexity index is 1870. The van der Waals surface area contributed by atoms with Crippen LogP contribution in [0.5, 0.6) is 0 Å². The maximum Gasteiger partial charge on any atom is 0.129 e. The van der Waals surface area contributed by atoms with E-state index in [4.69, 9.17) is 9.20 Å². The second-order valence-electron chi connectivity index (χ2n) is 13.4. The fourth-order valence-corrected chi connectivity index (χ4v) is 9.33. The van der Waals surface area contributed by atoms with E-state index in [1.807, 2.05) is 90.0 Å². The zero-order valence-electron chi connectivity index (χ0n) is 28.3. The fraction of sp³-hybridized carbons (Fsp3) is 0.286. The maximum absolute atomic E-state index is 16.6. The minimum Gasteiger partial charge on any atom is -0.263 e. The molecule has 1 aliphatic heterocycles. The highest BCUT2D eigenvalue weighted by atomic mass is 32.2. The van der Waals surface area contributed by atoms with Crippen LogP contribution in [0.15, 0.2) is 143 Å². The van der Waals surface area contributed by atoms with E-state index in [0.717, 1.165) is 33.6 Å². The van der Waals surface area contributed by atoms with Crippen molar-refractivity contribution in [3.05, 3.63) is 161 Å². The van der Waals surface area contributed by atoms with Crippen molar-refractivity contribution in [1.29, 1.82) is 0 Å². The molecule has 0 unspecified atom stereocenters. The summed E-state index contributed by atoms with van der Waals surface area (Å²) < 4.78 is 22.2. The third kappa shape index (κ3) is 6.52. The molecule has 242 valence electrons. The number of hydrogen-bond acceptors (Lipinski definition) is 4. The SMILES string of the molecule is CC(C)c1cc(C(C)C)c(N=[S@@](=O)(c2ccccc2)[C@@H]2[C@@H](c3ccccc3)ON(c3ccccc3)[C@H]2c2ccccc2)c(C(C)C)c1. The van der Waals surface area contributed by atoms with Gasteiger partial charge in [-0.05, 0) is 69.8 Å². The summed E-state index contributed by atoms with van der Waals surface area (Å²) in [6.07, 6.45) is -0.530. The van der Waals surface area contributed by atoms with Gasteiger partial charge in [0, 0.05) is 4.90 Å². The monoisotopic (exact) mass is 642 g/mol. The van der Waals surface area contributed by atoms with Crippen molar-refractivity contribution in [2.75, 3.05) is 5.06 Å². The van der Waals surface area contributed by atoms with Gasteiger partial charge in [0.25, 0.3) is 0 Å². The van der Waals surface area contributed by atoms with Crippen molar-refractivity contribution in [3.63, 3.8) is 0 Å². The Hall–Kier alpha value is -4.19. The van der Waals surface area contributed by atoms with E-state index in [1.165, 1.54) is 5.56 Å². The van der Waals surface area contributed by atoms with Gasteiger partial charge in [0.2, 0.25) is 0 Å². The highest BCUT2D eigenvalue weighted by Crippen LogP contribution is 2.51. The molecular formula is C42H46N2O2S. The molecule has 0 spiro atoms. The summed E-state index contributed by atoms with van der Waals surface area (Å²) in [5.41, 5.74) is 7.31. The van der Waals surface area contributed by atoms with Crippen molar-refractivity contribution in [2.24, 2.45) is 4.36 Å². The molecule has 1 saturated heterocycles. The second-order valence-corrected chi connectivity index (χ2v) is 15.7. The molecule has 4 nitrogen and oxygen atoms in total. The Balaban J connectivity index is 1.73. The Morgan fingerprint density at radius 1 is 0.617 bits per heavy atom. The van der Waals surface area contributed by atoms with Gasteiger partial charge in [-0.15, -0.1) is 0 Å². The Morgan fingerprint density at radius 3 is 1.57 bits per heavy atom. The number of benzene rings is 5. The molecule has 5 aromatic rings. The molecule has 0 aliphatic carbocycles. The topological polar surface area (TPSA) is 41.9 Å². The van der Waals surface area contributed by atoms with Crippen molar-refractivity contribution in [3.8, 4) is 0 Å². The van der Waals surface area contributed by atoms with Gasteiger partial charge in [0.15, 0.2) is 0 Å². The third-order valence-corrected chi connectivity index (χ3v) is 11.8. The van der Waals surface area contributed by atoms with Crippen molar-refractivity contribution < 1.29 is 9.05 Å². The third-order valence-electron chi connectivity index (χ3n) is 9.15. The van der Waals surface area contributed by atoms with Crippen LogP contribution in [0.3, 0.4) is 0 Å². The van der Waals surface area contributed by atoms with Crippen LogP contribution in [0.1, 0.15) is 99.3 Å². The van der Waals surface area contributed by atoms with Crippen LogP contribution >= 0.6 is 0 Å². The van der Waals surface area contributed by atoms with Crippen LogP contribution in [0.2, 0.25) is 0 Å². The van der Waals surface area contributed by atoms with Crippen LogP contribution in [0, 0.1) is 0 Å². The number of para-hydroxylation sites is 1. The average molecular weight is 643 g/mol. The largest absolute Gasteiger partial charge is 0.263 e. The maximum atomic E-state index is 16.6. The van der Waals surface area contributed by atoms with E-state index in [1.54, 1.807) is 0 Å². The Labute approximate surface area is 281 Å². The summed E-state index contributed by atoms with van der Waals surface area (Å²) in [6.45, 7) is 13.3. The van der Waals surface area contributed by atoms with E-state index in [9.17, 15) is 0 Å². The number of anilines is 1. The molecule has 0 N–H and O–H groups in total. The van der Waals surface area contributed by atoms with Crippen LogP contribution in [-0.2, 0) is 14.6 Å². The Morgan fingerprint density at radius 2 is 1.09 bits per heavy atom. The number of nitrogens with zero attached hydrogens (tertiary/aromatic N) is 2. The first-order valence-corrected chi connectivity index (χ1v) is 18.4. The molecule has 6 rings (SSSR count). The van der Waals surface area contributed by atoms with E-state index in [-0.39, 0.29) is 17.9 Å². The lowest BCUT2D eigenvalue weighted by molar-refractivity contribution is 0.0846. The standard InChI is InChI=1S/C42H46N2O2S/c1-29(2)34-27-37(30(3)4)39(38(28-34)31(5)6)43-47(45,36-25-17-10-18-26-36)42-40(32-19-11-7-12-20-32)44(35-23-15-9-16-24-35)46-41(42)33-21-13-8-14-22-33/h7-31,40-42H,1-6H3/t40-,41+,42-,47+/m0/s1. The minimum absolute atomic E-state index is 0.194. The van der Waals surface area contributed by atoms with Crippen LogP contribution in [0.4, 0.5) is 11.4 Å². The molecule has 5 aromatic carbocycles. The van der Waals surface area contributed by atoms with E-state index in [0.29, 0.717) is 10.8 Å². The lowest BCUT2D eigenvalue weighted by atomic mass is 9.88. The van der Waals surface area contributed by atoms with Gasteiger partial charge in [-0.2, -0.15) is 4.36 Å². The molecule has 1 aliphatic rings. The van der Waals surface area contributed by atoms with Crippen LogP contribution in [0.25, 0.3) is 0 Å². The first-order chi connectivity index (χ1) is 22.7. The highest BCUT2D eigenvalue weighted by Gasteiger charge is 2.51. The predicted molar refractivity (Wildman–Crippen MR) is 196 cm³/mol. The molecule has 0 bridgehead atoms.